The fraction of sp³-hybridized carbons (Fsp3) is 0.333. The number of anilines is 1. The molecule has 1 fully saturated rings. The number of amides is 1. The Bertz CT molecular complexity index is 550. The molecule has 1 aromatic rings. The van der Waals surface area contributed by atoms with Crippen LogP contribution in [0, 0.1) is 5.82 Å². The highest BCUT2D eigenvalue weighted by molar-refractivity contribution is 9.10. The standard InChI is InChI=1S/C12H12BrFN2O3/c1-19-12(18)7-3-8(13)9(14)4-10(7)16-5-6(15)2-11(16)17/h3-4,6H,2,5,15H2,1H3. The van der Waals surface area contributed by atoms with Crippen molar-refractivity contribution in [2.24, 2.45) is 5.73 Å². The zero-order valence-corrected chi connectivity index (χ0v) is 11.7. The summed E-state index contributed by atoms with van der Waals surface area (Å²) < 4.78 is 18.4. The fourth-order valence-electron chi connectivity index (χ4n) is 2.00. The van der Waals surface area contributed by atoms with E-state index >= 15 is 0 Å². The molecule has 5 nitrogen and oxygen atoms in total. The fourth-order valence-corrected chi connectivity index (χ4v) is 2.34. The number of carbonyl (C=O) groups is 2. The number of halogens is 2. The van der Waals surface area contributed by atoms with Gasteiger partial charge in [0.1, 0.15) is 5.82 Å². The second-order valence-electron chi connectivity index (χ2n) is 4.24. The zero-order chi connectivity index (χ0) is 14.2. The van der Waals surface area contributed by atoms with E-state index < -0.39 is 11.8 Å². The number of hydrogen-bond acceptors (Lipinski definition) is 4. The van der Waals surface area contributed by atoms with Crippen LogP contribution in [0.3, 0.4) is 0 Å². The molecule has 1 heterocycles. The first-order valence-corrected chi connectivity index (χ1v) is 6.36. The summed E-state index contributed by atoms with van der Waals surface area (Å²) in [5.74, 6) is -1.43. The van der Waals surface area contributed by atoms with Gasteiger partial charge in [0.15, 0.2) is 0 Å². The molecule has 0 spiro atoms. The summed E-state index contributed by atoms with van der Waals surface area (Å²) in [7, 11) is 1.22. The molecule has 2 rings (SSSR count). The quantitative estimate of drug-likeness (QED) is 0.833. The lowest BCUT2D eigenvalue weighted by atomic mass is 10.1. The minimum atomic E-state index is -0.635. The third kappa shape index (κ3) is 2.62. The molecule has 0 radical (unpaired) electrons. The molecule has 2 N–H and O–H groups in total. The minimum absolute atomic E-state index is 0.123. The van der Waals surface area contributed by atoms with Crippen molar-refractivity contribution in [3.05, 3.63) is 28.0 Å². The number of ether oxygens (including phenoxy) is 1. The van der Waals surface area contributed by atoms with E-state index in [1.54, 1.807) is 0 Å². The van der Waals surface area contributed by atoms with Gasteiger partial charge in [0, 0.05) is 19.0 Å². The molecule has 0 bridgehead atoms. The molecular formula is C12H12BrFN2O3. The minimum Gasteiger partial charge on any atom is -0.465 e. The van der Waals surface area contributed by atoms with Crippen LogP contribution in [-0.4, -0.2) is 31.6 Å². The maximum atomic E-state index is 13.6. The van der Waals surface area contributed by atoms with Gasteiger partial charge in [-0.25, -0.2) is 9.18 Å². The summed E-state index contributed by atoms with van der Waals surface area (Å²) >= 11 is 3.00. The van der Waals surface area contributed by atoms with Crippen molar-refractivity contribution >= 4 is 33.5 Å². The predicted molar refractivity (Wildman–Crippen MR) is 70.4 cm³/mol. The van der Waals surface area contributed by atoms with Crippen molar-refractivity contribution < 1.29 is 18.7 Å². The number of nitrogens with two attached hydrogens (primary N) is 1. The van der Waals surface area contributed by atoms with Crippen molar-refractivity contribution in [1.29, 1.82) is 0 Å². The number of rotatable bonds is 2. The van der Waals surface area contributed by atoms with Crippen LogP contribution in [0.1, 0.15) is 16.8 Å². The maximum Gasteiger partial charge on any atom is 0.340 e. The van der Waals surface area contributed by atoms with Crippen molar-refractivity contribution in [2.75, 3.05) is 18.6 Å². The van der Waals surface area contributed by atoms with Gasteiger partial charge in [-0.3, -0.25) is 4.79 Å². The zero-order valence-electron chi connectivity index (χ0n) is 10.2. The first-order chi connectivity index (χ1) is 8.93. The molecule has 7 heteroatoms. The van der Waals surface area contributed by atoms with Gasteiger partial charge in [0.25, 0.3) is 0 Å². The molecule has 1 unspecified atom stereocenters. The third-order valence-electron chi connectivity index (χ3n) is 2.89. The molecule has 0 aromatic heterocycles. The van der Waals surface area contributed by atoms with Gasteiger partial charge in [-0.15, -0.1) is 0 Å². The largest absolute Gasteiger partial charge is 0.465 e. The molecule has 1 atom stereocenters. The molecule has 1 aliphatic heterocycles. The lowest BCUT2D eigenvalue weighted by Crippen LogP contribution is -2.29. The SMILES string of the molecule is COC(=O)c1cc(Br)c(F)cc1N1CC(N)CC1=O. The predicted octanol–water partition coefficient (Wildman–Crippen LogP) is 1.44. The van der Waals surface area contributed by atoms with Gasteiger partial charge in [0.2, 0.25) is 5.91 Å². The molecule has 1 saturated heterocycles. The lowest BCUT2D eigenvalue weighted by molar-refractivity contribution is -0.117. The van der Waals surface area contributed by atoms with Crippen molar-refractivity contribution in [1.82, 2.24) is 0 Å². The summed E-state index contributed by atoms with van der Waals surface area (Å²) in [5.41, 5.74) is 6.01. The monoisotopic (exact) mass is 330 g/mol. The Hall–Kier alpha value is -1.47. The molecular weight excluding hydrogens is 319 g/mol. The van der Waals surface area contributed by atoms with Crippen molar-refractivity contribution in [3.63, 3.8) is 0 Å². The van der Waals surface area contributed by atoms with Gasteiger partial charge in [-0.2, -0.15) is 0 Å². The van der Waals surface area contributed by atoms with Crippen LogP contribution in [0.15, 0.2) is 16.6 Å². The molecule has 0 aliphatic carbocycles. The Balaban J connectivity index is 2.52. The first kappa shape index (κ1) is 14.0. The van der Waals surface area contributed by atoms with Gasteiger partial charge >= 0.3 is 5.97 Å². The number of methoxy groups -OCH3 is 1. The highest BCUT2D eigenvalue weighted by Gasteiger charge is 2.31. The first-order valence-electron chi connectivity index (χ1n) is 5.57. The summed E-state index contributed by atoms with van der Waals surface area (Å²) in [4.78, 5) is 24.8. The van der Waals surface area contributed by atoms with E-state index in [1.807, 2.05) is 0 Å². The van der Waals surface area contributed by atoms with Crippen LogP contribution in [0.25, 0.3) is 0 Å². The number of hydrogen-bond donors (Lipinski definition) is 1. The second kappa shape index (κ2) is 5.26. The van der Waals surface area contributed by atoms with E-state index in [9.17, 15) is 14.0 Å². The molecule has 102 valence electrons. The van der Waals surface area contributed by atoms with Gasteiger partial charge in [0.05, 0.1) is 22.8 Å². The number of carbonyl (C=O) groups excluding carboxylic acids is 2. The number of nitrogens with zero attached hydrogens (tertiary/aromatic N) is 1. The van der Waals surface area contributed by atoms with Crippen LogP contribution in [0.2, 0.25) is 0 Å². The third-order valence-corrected chi connectivity index (χ3v) is 3.50. The molecule has 1 aromatic carbocycles. The molecule has 0 saturated carbocycles. The molecule has 19 heavy (non-hydrogen) atoms. The highest BCUT2D eigenvalue weighted by Crippen LogP contribution is 2.30. The van der Waals surface area contributed by atoms with Gasteiger partial charge in [-0.1, -0.05) is 0 Å². The Morgan fingerprint density at radius 2 is 2.26 bits per heavy atom. The van der Waals surface area contributed by atoms with E-state index in [4.69, 9.17) is 5.73 Å². The van der Waals surface area contributed by atoms with Crippen molar-refractivity contribution in [2.45, 2.75) is 12.5 Å². The Morgan fingerprint density at radius 1 is 1.58 bits per heavy atom. The van der Waals surface area contributed by atoms with Crippen LogP contribution >= 0.6 is 15.9 Å². The number of benzene rings is 1. The van der Waals surface area contributed by atoms with Gasteiger partial charge < -0.3 is 15.4 Å². The van der Waals surface area contributed by atoms with Gasteiger partial charge in [-0.05, 0) is 28.1 Å². The topological polar surface area (TPSA) is 72.6 Å². The maximum absolute atomic E-state index is 13.6. The van der Waals surface area contributed by atoms with Crippen LogP contribution in [0.5, 0.6) is 0 Å². The van der Waals surface area contributed by atoms with Crippen LogP contribution in [-0.2, 0) is 9.53 Å². The summed E-state index contributed by atoms with van der Waals surface area (Å²) in [6.45, 7) is 0.254. The molecule has 1 amide bonds. The van der Waals surface area contributed by atoms with Crippen LogP contribution < -0.4 is 10.6 Å². The second-order valence-corrected chi connectivity index (χ2v) is 5.10. The lowest BCUT2D eigenvalue weighted by Gasteiger charge is -2.19. The summed E-state index contributed by atoms with van der Waals surface area (Å²) in [6, 6.07) is 2.12. The Labute approximate surface area is 117 Å². The average molecular weight is 331 g/mol. The van der Waals surface area contributed by atoms with E-state index in [0.717, 1.165) is 6.07 Å². The normalized spacial score (nSPS) is 18.8. The highest BCUT2D eigenvalue weighted by atomic mass is 79.9. The van der Waals surface area contributed by atoms with Crippen LogP contribution in [0.4, 0.5) is 10.1 Å². The van der Waals surface area contributed by atoms with E-state index in [1.165, 1.54) is 18.1 Å². The number of esters is 1. The van der Waals surface area contributed by atoms with E-state index in [0.29, 0.717) is 0 Å². The Kier molecular flexibility index (Phi) is 3.86. The summed E-state index contributed by atoms with van der Waals surface area (Å²) in [6.07, 6.45) is 0.179. The molecule has 1 aliphatic rings. The van der Waals surface area contributed by atoms with Crippen molar-refractivity contribution in [3.8, 4) is 0 Å². The summed E-state index contributed by atoms with van der Waals surface area (Å²) in [5, 5.41) is 0. The average Bonchev–Trinajstić information content (AvgIpc) is 2.70. The Morgan fingerprint density at radius 3 is 2.79 bits per heavy atom. The van der Waals surface area contributed by atoms with E-state index in [-0.39, 0.29) is 40.6 Å². The smallest absolute Gasteiger partial charge is 0.340 e. The van der Waals surface area contributed by atoms with E-state index in [2.05, 4.69) is 20.7 Å².